The van der Waals surface area contributed by atoms with Gasteiger partial charge in [-0.3, -0.25) is 4.79 Å². The molecule has 126 valence electrons. The van der Waals surface area contributed by atoms with E-state index in [4.69, 9.17) is 0 Å². The van der Waals surface area contributed by atoms with Gasteiger partial charge in [-0.2, -0.15) is 0 Å². The van der Waals surface area contributed by atoms with Crippen molar-refractivity contribution in [2.24, 2.45) is 0 Å². The fourth-order valence-electron chi connectivity index (χ4n) is 3.44. The summed E-state index contributed by atoms with van der Waals surface area (Å²) in [7, 11) is 2.14. The Labute approximate surface area is 138 Å². The maximum Gasteiger partial charge on any atom is 0.254 e. The van der Waals surface area contributed by atoms with E-state index < -0.39 is 0 Å². The lowest BCUT2D eigenvalue weighted by Crippen LogP contribution is -2.55. The minimum atomic E-state index is 0.114. The summed E-state index contributed by atoms with van der Waals surface area (Å²) >= 11 is 0. The van der Waals surface area contributed by atoms with Crippen LogP contribution < -0.4 is 10.2 Å². The molecule has 0 bridgehead atoms. The lowest BCUT2D eigenvalue weighted by atomic mass is 10.1. The summed E-state index contributed by atoms with van der Waals surface area (Å²) in [6.07, 6.45) is 1.76. The van der Waals surface area contributed by atoms with E-state index in [9.17, 15) is 4.79 Å². The Hall–Kier alpha value is -1.66. The molecule has 2 atom stereocenters. The zero-order chi connectivity index (χ0) is 16.4. The number of likely N-dealkylation sites (N-methyl/N-ethyl adjacent to an activating group) is 1. The summed E-state index contributed by atoms with van der Waals surface area (Å²) in [5.74, 6) is 1.03. The standard InChI is InChI=1S/C17H27N5O/c1-13-11-22(12-14(2)19-13)17(23)15-4-5-18-16(10-15)21-8-6-20(3)7-9-21/h4-5,10,13-14,19H,6-9,11-12H2,1-3H3. The van der Waals surface area contributed by atoms with Crippen molar-refractivity contribution in [2.75, 3.05) is 51.2 Å². The summed E-state index contributed by atoms with van der Waals surface area (Å²) in [6, 6.07) is 4.45. The monoisotopic (exact) mass is 317 g/mol. The third kappa shape index (κ3) is 3.82. The highest BCUT2D eigenvalue weighted by Crippen LogP contribution is 2.17. The maximum atomic E-state index is 12.8. The summed E-state index contributed by atoms with van der Waals surface area (Å²) in [5, 5.41) is 3.46. The van der Waals surface area contributed by atoms with Crippen molar-refractivity contribution in [1.82, 2.24) is 20.1 Å². The van der Waals surface area contributed by atoms with E-state index in [1.54, 1.807) is 6.20 Å². The van der Waals surface area contributed by atoms with Crippen LogP contribution in [0.15, 0.2) is 18.3 Å². The topological polar surface area (TPSA) is 51.7 Å². The highest BCUT2D eigenvalue weighted by molar-refractivity contribution is 5.95. The minimum Gasteiger partial charge on any atom is -0.354 e. The van der Waals surface area contributed by atoms with Crippen molar-refractivity contribution in [3.63, 3.8) is 0 Å². The van der Waals surface area contributed by atoms with Crippen LogP contribution in [0.2, 0.25) is 0 Å². The molecule has 1 amide bonds. The van der Waals surface area contributed by atoms with Crippen molar-refractivity contribution in [3.05, 3.63) is 23.9 Å². The molecular weight excluding hydrogens is 290 g/mol. The SMILES string of the molecule is CC1CN(C(=O)c2ccnc(N3CCN(C)CC3)c2)CC(C)N1. The minimum absolute atomic E-state index is 0.114. The number of pyridine rings is 1. The fraction of sp³-hybridized carbons (Fsp3) is 0.647. The van der Waals surface area contributed by atoms with Gasteiger partial charge in [0.05, 0.1) is 0 Å². The molecule has 2 saturated heterocycles. The number of carbonyl (C=O) groups is 1. The summed E-state index contributed by atoms with van der Waals surface area (Å²) < 4.78 is 0. The molecule has 6 heteroatoms. The zero-order valence-electron chi connectivity index (χ0n) is 14.3. The number of amides is 1. The van der Waals surface area contributed by atoms with Crippen LogP contribution in [-0.2, 0) is 0 Å². The summed E-state index contributed by atoms with van der Waals surface area (Å²) in [4.78, 5) is 23.8. The van der Waals surface area contributed by atoms with E-state index in [1.807, 2.05) is 17.0 Å². The third-order valence-electron chi connectivity index (χ3n) is 4.66. The molecule has 0 radical (unpaired) electrons. The van der Waals surface area contributed by atoms with Gasteiger partial charge < -0.3 is 20.0 Å². The lowest BCUT2D eigenvalue weighted by Gasteiger charge is -2.36. The van der Waals surface area contributed by atoms with Gasteiger partial charge in [-0.05, 0) is 33.0 Å². The maximum absolute atomic E-state index is 12.8. The first-order chi connectivity index (χ1) is 11.0. The van der Waals surface area contributed by atoms with Gasteiger partial charge in [0.1, 0.15) is 5.82 Å². The second-order valence-electron chi connectivity index (χ2n) is 6.87. The molecule has 2 aliphatic rings. The van der Waals surface area contributed by atoms with Gasteiger partial charge in [-0.25, -0.2) is 4.98 Å². The average Bonchev–Trinajstić information content (AvgIpc) is 2.54. The van der Waals surface area contributed by atoms with Gasteiger partial charge in [0.15, 0.2) is 0 Å². The van der Waals surface area contributed by atoms with E-state index in [0.717, 1.165) is 50.6 Å². The Morgan fingerprint density at radius 1 is 1.17 bits per heavy atom. The average molecular weight is 317 g/mol. The van der Waals surface area contributed by atoms with Gasteiger partial charge in [-0.1, -0.05) is 0 Å². The van der Waals surface area contributed by atoms with Crippen LogP contribution in [-0.4, -0.2) is 79.1 Å². The predicted molar refractivity (Wildman–Crippen MR) is 91.9 cm³/mol. The Morgan fingerprint density at radius 3 is 2.48 bits per heavy atom. The van der Waals surface area contributed by atoms with Crippen LogP contribution in [0.3, 0.4) is 0 Å². The van der Waals surface area contributed by atoms with Crippen LogP contribution in [0, 0.1) is 0 Å². The van der Waals surface area contributed by atoms with Gasteiger partial charge in [0.2, 0.25) is 0 Å². The van der Waals surface area contributed by atoms with Crippen LogP contribution in [0.5, 0.6) is 0 Å². The predicted octanol–water partition coefficient (Wildman–Crippen LogP) is 0.656. The Balaban J connectivity index is 1.72. The molecule has 23 heavy (non-hydrogen) atoms. The number of aromatic nitrogens is 1. The molecule has 1 aromatic heterocycles. The van der Waals surface area contributed by atoms with Gasteiger partial charge in [0, 0.05) is 63.1 Å². The zero-order valence-corrected chi connectivity index (χ0v) is 14.3. The fourth-order valence-corrected chi connectivity index (χ4v) is 3.44. The van der Waals surface area contributed by atoms with Crippen LogP contribution in [0.25, 0.3) is 0 Å². The van der Waals surface area contributed by atoms with E-state index >= 15 is 0 Å². The smallest absolute Gasteiger partial charge is 0.254 e. The molecule has 2 aliphatic heterocycles. The molecule has 2 unspecified atom stereocenters. The second-order valence-corrected chi connectivity index (χ2v) is 6.87. The second kappa shape index (κ2) is 6.84. The Morgan fingerprint density at radius 2 is 1.83 bits per heavy atom. The largest absolute Gasteiger partial charge is 0.354 e. The summed E-state index contributed by atoms with van der Waals surface area (Å²) in [6.45, 7) is 9.76. The van der Waals surface area contributed by atoms with Crippen molar-refractivity contribution < 1.29 is 4.79 Å². The van der Waals surface area contributed by atoms with Gasteiger partial charge in [-0.15, -0.1) is 0 Å². The number of hydrogen-bond donors (Lipinski definition) is 1. The van der Waals surface area contributed by atoms with Crippen LogP contribution >= 0.6 is 0 Å². The first-order valence-corrected chi connectivity index (χ1v) is 8.48. The molecule has 0 aromatic carbocycles. The highest BCUT2D eigenvalue weighted by Gasteiger charge is 2.26. The number of hydrogen-bond acceptors (Lipinski definition) is 5. The normalized spacial score (nSPS) is 26.4. The third-order valence-corrected chi connectivity index (χ3v) is 4.66. The Bertz CT molecular complexity index is 546. The molecular formula is C17H27N5O. The van der Waals surface area contributed by atoms with E-state index in [0.29, 0.717) is 12.1 Å². The summed E-state index contributed by atoms with van der Waals surface area (Å²) in [5.41, 5.74) is 0.746. The molecule has 6 nitrogen and oxygen atoms in total. The van der Waals surface area contributed by atoms with Crippen LogP contribution in [0.1, 0.15) is 24.2 Å². The van der Waals surface area contributed by atoms with E-state index in [1.165, 1.54) is 0 Å². The van der Waals surface area contributed by atoms with E-state index in [2.05, 4.69) is 41.0 Å². The number of nitrogens with one attached hydrogen (secondary N) is 1. The molecule has 1 N–H and O–H groups in total. The molecule has 0 aliphatic carbocycles. The van der Waals surface area contributed by atoms with Crippen LogP contribution in [0.4, 0.5) is 5.82 Å². The van der Waals surface area contributed by atoms with Gasteiger partial charge in [0.25, 0.3) is 5.91 Å². The molecule has 1 aromatic rings. The van der Waals surface area contributed by atoms with E-state index in [-0.39, 0.29) is 5.91 Å². The lowest BCUT2D eigenvalue weighted by molar-refractivity contribution is 0.0673. The number of anilines is 1. The molecule has 2 fully saturated rings. The number of rotatable bonds is 2. The highest BCUT2D eigenvalue weighted by atomic mass is 16.2. The van der Waals surface area contributed by atoms with Crippen molar-refractivity contribution in [1.29, 1.82) is 0 Å². The van der Waals surface area contributed by atoms with Gasteiger partial charge >= 0.3 is 0 Å². The molecule has 3 rings (SSSR count). The van der Waals surface area contributed by atoms with Crippen molar-refractivity contribution in [3.8, 4) is 0 Å². The van der Waals surface area contributed by atoms with Crippen molar-refractivity contribution in [2.45, 2.75) is 25.9 Å². The molecule has 3 heterocycles. The first kappa shape index (κ1) is 16.2. The first-order valence-electron chi connectivity index (χ1n) is 8.48. The Kier molecular flexibility index (Phi) is 4.82. The molecule has 0 spiro atoms. The molecule has 0 saturated carbocycles. The number of piperazine rings is 2. The number of nitrogens with zero attached hydrogens (tertiary/aromatic N) is 4. The van der Waals surface area contributed by atoms with Crippen molar-refractivity contribution >= 4 is 11.7 Å². The number of carbonyl (C=O) groups excluding carboxylic acids is 1. The quantitative estimate of drug-likeness (QED) is 0.868.